The maximum absolute atomic E-state index is 13.6. The first-order valence-corrected chi connectivity index (χ1v) is 19.8. The van der Waals surface area contributed by atoms with Crippen molar-refractivity contribution in [1.29, 1.82) is 0 Å². The van der Waals surface area contributed by atoms with Crippen molar-refractivity contribution < 1.29 is 66.7 Å². The van der Waals surface area contributed by atoms with Crippen LogP contribution in [0.3, 0.4) is 0 Å². The molecule has 0 atom stereocenters. The highest BCUT2D eigenvalue weighted by molar-refractivity contribution is 6.01. The van der Waals surface area contributed by atoms with Crippen molar-refractivity contribution in [3.8, 4) is 0 Å². The van der Waals surface area contributed by atoms with Crippen LogP contribution in [-0.4, -0.2) is 123 Å². The predicted molar refractivity (Wildman–Crippen MR) is 218 cm³/mol. The van der Waals surface area contributed by atoms with Crippen molar-refractivity contribution in [1.82, 2.24) is 10.6 Å². The van der Waals surface area contributed by atoms with E-state index in [2.05, 4.69) is 10.6 Å². The molecular weight excluding hydrogens is 770 g/mol. The van der Waals surface area contributed by atoms with Crippen molar-refractivity contribution in [2.75, 3.05) is 58.6 Å². The Balaban J connectivity index is 3.06. The Hall–Kier alpha value is -4.32. The van der Waals surface area contributed by atoms with Gasteiger partial charge in [-0.15, -0.1) is 0 Å². The van der Waals surface area contributed by atoms with Crippen LogP contribution < -0.4 is 16.4 Å². The summed E-state index contributed by atoms with van der Waals surface area (Å²) in [6, 6.07) is 2.67. The minimum Gasteiger partial charge on any atom is -0.460 e. The summed E-state index contributed by atoms with van der Waals surface area (Å²) < 4.78 is 44.0. The molecule has 1 rings (SSSR count). The molecule has 0 fully saturated rings. The lowest BCUT2D eigenvalue weighted by molar-refractivity contribution is -0.157. The van der Waals surface area contributed by atoms with Gasteiger partial charge in [-0.1, -0.05) is 0 Å². The zero-order chi connectivity index (χ0) is 45.0. The van der Waals surface area contributed by atoms with E-state index in [9.17, 15) is 28.8 Å². The fraction of sp³-hybridized carbons (Fsp3) is 0.714. The number of rotatable bonds is 24. The third kappa shape index (κ3) is 27.9. The summed E-state index contributed by atoms with van der Waals surface area (Å²) in [6.07, 6.45) is -0.0727. The normalized spacial score (nSPS) is 12.2. The van der Waals surface area contributed by atoms with Crippen molar-refractivity contribution in [3.63, 3.8) is 0 Å². The first-order chi connectivity index (χ1) is 27.1. The Morgan fingerprint density at radius 1 is 0.458 bits per heavy atom. The van der Waals surface area contributed by atoms with E-state index < -0.39 is 70.2 Å². The third-order valence-corrected chi connectivity index (χ3v) is 6.91. The molecule has 0 saturated heterocycles. The van der Waals surface area contributed by atoms with Gasteiger partial charge in [-0.3, -0.25) is 28.8 Å². The smallest absolute Gasteiger partial charge is 0.308 e. The maximum Gasteiger partial charge on any atom is 0.308 e. The van der Waals surface area contributed by atoms with Crippen LogP contribution in [0.15, 0.2) is 18.2 Å². The number of hydrogen-bond donors (Lipinski definition) is 3. The second kappa shape index (κ2) is 24.7. The lowest BCUT2D eigenvalue weighted by Gasteiger charge is -2.22. The summed E-state index contributed by atoms with van der Waals surface area (Å²) in [7, 11) is 0. The van der Waals surface area contributed by atoms with Gasteiger partial charge < -0.3 is 54.3 Å². The predicted octanol–water partition coefficient (Wildman–Crippen LogP) is 4.46. The monoisotopic (exact) mass is 839 g/mol. The molecule has 0 aliphatic rings. The van der Waals surface area contributed by atoms with Crippen molar-refractivity contribution in [3.05, 3.63) is 29.3 Å². The second-order valence-corrected chi connectivity index (χ2v) is 17.8. The van der Waals surface area contributed by atoms with Gasteiger partial charge in [0.1, 0.15) is 22.4 Å². The van der Waals surface area contributed by atoms with Crippen molar-refractivity contribution >= 4 is 41.4 Å². The lowest BCUT2D eigenvalue weighted by Crippen LogP contribution is -2.43. The number of benzene rings is 1. The van der Waals surface area contributed by atoms with Gasteiger partial charge in [0.05, 0.1) is 90.6 Å². The number of carbonyl (C=O) groups excluding carboxylic acids is 6. The summed E-state index contributed by atoms with van der Waals surface area (Å²) in [5.74, 6) is -2.98. The van der Waals surface area contributed by atoms with Crippen LogP contribution in [0, 0.1) is 0 Å². The molecule has 2 amide bonds. The van der Waals surface area contributed by atoms with Crippen LogP contribution in [0.5, 0.6) is 0 Å². The van der Waals surface area contributed by atoms with E-state index in [1.807, 2.05) is 0 Å². The zero-order valence-electron chi connectivity index (χ0n) is 37.2. The van der Waals surface area contributed by atoms with Gasteiger partial charge >= 0.3 is 23.9 Å². The molecule has 0 aliphatic carbocycles. The number of carbonyl (C=O) groups is 6. The average molecular weight is 840 g/mol. The summed E-state index contributed by atoms with van der Waals surface area (Å²) in [6.45, 7) is 20.9. The second-order valence-electron chi connectivity index (χ2n) is 17.8. The molecule has 17 nitrogen and oxygen atoms in total. The van der Waals surface area contributed by atoms with E-state index in [4.69, 9.17) is 43.6 Å². The van der Waals surface area contributed by atoms with Gasteiger partial charge in [0, 0.05) is 16.8 Å². The standard InChI is InChI=1S/C42H69N3O14/c1-39(2,3)56-33(46)13-17-52-24-31(25-53-18-14-34(47)57-40(4,5)6)44-37(50)28-21-29(23-30(43)22-28)38(51)45-32(26-54-19-15-35(48)58-41(7,8)9)27-55-20-16-36(49)59-42(10,11)12/h21-23,31-32H,13-20,24-27,43H2,1-12H3,(H,44,50)(H,45,51). The molecule has 0 saturated carbocycles. The molecule has 59 heavy (non-hydrogen) atoms. The topological polar surface area (TPSA) is 226 Å². The van der Waals surface area contributed by atoms with Crippen LogP contribution in [0.2, 0.25) is 0 Å². The Morgan fingerprint density at radius 3 is 0.915 bits per heavy atom. The van der Waals surface area contributed by atoms with Gasteiger partial charge in [0.15, 0.2) is 0 Å². The highest BCUT2D eigenvalue weighted by Gasteiger charge is 2.23. The lowest BCUT2D eigenvalue weighted by atomic mass is 10.1. The zero-order valence-corrected chi connectivity index (χ0v) is 37.2. The SMILES string of the molecule is CC(C)(C)OC(=O)CCOCC(COCCC(=O)OC(C)(C)C)NC(=O)c1cc(N)cc(C(=O)NC(COCCC(=O)OC(C)(C)C)COCCC(=O)OC(C)(C)C)c1. The molecule has 0 unspecified atom stereocenters. The number of hydrogen-bond acceptors (Lipinski definition) is 15. The Kier molecular flexibility index (Phi) is 22.1. The fourth-order valence-electron chi connectivity index (χ4n) is 4.81. The molecule has 0 bridgehead atoms. The number of nitrogen functional groups attached to an aromatic ring is 1. The molecule has 0 aromatic heterocycles. The highest BCUT2D eigenvalue weighted by Crippen LogP contribution is 2.15. The van der Waals surface area contributed by atoms with E-state index in [0.29, 0.717) is 0 Å². The Morgan fingerprint density at radius 2 is 0.695 bits per heavy atom. The van der Waals surface area contributed by atoms with Gasteiger partial charge in [-0.05, 0) is 101 Å². The van der Waals surface area contributed by atoms with E-state index in [-0.39, 0.29) is 95.4 Å². The fourth-order valence-corrected chi connectivity index (χ4v) is 4.81. The molecule has 0 spiro atoms. The largest absolute Gasteiger partial charge is 0.460 e. The van der Waals surface area contributed by atoms with Gasteiger partial charge in [0.2, 0.25) is 0 Å². The first-order valence-electron chi connectivity index (χ1n) is 19.8. The molecule has 17 heteroatoms. The molecule has 336 valence electrons. The van der Waals surface area contributed by atoms with E-state index in [0.717, 1.165) is 0 Å². The number of nitrogens with one attached hydrogen (secondary N) is 2. The van der Waals surface area contributed by atoms with Crippen LogP contribution in [0.25, 0.3) is 0 Å². The van der Waals surface area contributed by atoms with Crippen LogP contribution >= 0.6 is 0 Å². The molecule has 1 aromatic rings. The number of ether oxygens (including phenoxy) is 8. The third-order valence-electron chi connectivity index (χ3n) is 6.91. The molecule has 1 aromatic carbocycles. The van der Waals surface area contributed by atoms with E-state index >= 15 is 0 Å². The highest BCUT2D eigenvalue weighted by atomic mass is 16.6. The molecule has 0 heterocycles. The molecule has 4 N–H and O–H groups in total. The van der Waals surface area contributed by atoms with E-state index in [1.54, 1.807) is 83.1 Å². The quantitative estimate of drug-likeness (QED) is 0.0566. The van der Waals surface area contributed by atoms with Crippen LogP contribution in [0.1, 0.15) is 129 Å². The van der Waals surface area contributed by atoms with Gasteiger partial charge in [0.25, 0.3) is 11.8 Å². The summed E-state index contributed by atoms with van der Waals surface area (Å²) in [4.78, 5) is 75.7. The summed E-state index contributed by atoms with van der Waals surface area (Å²) in [5.41, 5.74) is 3.76. The number of anilines is 1. The maximum atomic E-state index is 13.6. The van der Waals surface area contributed by atoms with Crippen molar-refractivity contribution in [2.45, 2.75) is 143 Å². The Labute approximate surface area is 349 Å². The minimum absolute atomic E-state index is 0.0123. The summed E-state index contributed by atoms with van der Waals surface area (Å²) >= 11 is 0. The molecular formula is C42H69N3O14. The van der Waals surface area contributed by atoms with Gasteiger partial charge in [-0.2, -0.15) is 0 Å². The van der Waals surface area contributed by atoms with E-state index in [1.165, 1.54) is 18.2 Å². The van der Waals surface area contributed by atoms with Crippen LogP contribution in [0.4, 0.5) is 5.69 Å². The number of esters is 4. The average Bonchev–Trinajstić information content (AvgIpc) is 3.05. The number of amides is 2. The minimum atomic E-state index is -0.737. The number of nitrogens with two attached hydrogens (primary N) is 1. The first kappa shape index (κ1) is 52.7. The Bertz CT molecular complexity index is 1340. The summed E-state index contributed by atoms with van der Waals surface area (Å²) in [5, 5.41) is 5.62. The van der Waals surface area contributed by atoms with Crippen LogP contribution in [-0.2, 0) is 57.1 Å². The van der Waals surface area contributed by atoms with Gasteiger partial charge in [-0.25, -0.2) is 0 Å². The van der Waals surface area contributed by atoms with Crippen molar-refractivity contribution in [2.24, 2.45) is 0 Å². The molecule has 0 aliphatic heterocycles. The molecule has 0 radical (unpaired) electrons.